The summed E-state index contributed by atoms with van der Waals surface area (Å²) in [5.41, 5.74) is 3.05. The van der Waals surface area contributed by atoms with Gasteiger partial charge in [0.2, 0.25) is 0 Å². The Bertz CT molecular complexity index is 437. The number of nitrogens with zero attached hydrogens (tertiary/aromatic N) is 1. The van der Waals surface area contributed by atoms with Crippen molar-refractivity contribution < 1.29 is 0 Å². The number of aryl methyl sites for hydroxylation is 1. The van der Waals surface area contributed by atoms with Gasteiger partial charge in [-0.15, -0.1) is 0 Å². The van der Waals surface area contributed by atoms with Gasteiger partial charge in [0.15, 0.2) is 0 Å². The summed E-state index contributed by atoms with van der Waals surface area (Å²) in [6.07, 6.45) is 8.38. The molecule has 1 N–H and O–H groups in total. The summed E-state index contributed by atoms with van der Waals surface area (Å²) in [6, 6.07) is 9.69. The summed E-state index contributed by atoms with van der Waals surface area (Å²) < 4.78 is 0. The third-order valence-electron chi connectivity index (χ3n) is 5.40. The van der Waals surface area contributed by atoms with Crippen LogP contribution in [0.15, 0.2) is 24.3 Å². The van der Waals surface area contributed by atoms with E-state index in [1.54, 1.807) is 0 Å². The minimum atomic E-state index is 0.729. The summed E-state index contributed by atoms with van der Waals surface area (Å²) in [4.78, 5) is 2.67. The molecule has 1 aliphatic heterocycles. The zero-order valence-electron chi connectivity index (χ0n) is 13.5. The molecule has 0 aromatic heterocycles. The molecule has 116 valence electrons. The van der Waals surface area contributed by atoms with Crippen LogP contribution >= 0.6 is 0 Å². The molecule has 1 heterocycles. The second-order valence-electron chi connectivity index (χ2n) is 6.82. The molecule has 0 radical (unpaired) electrons. The van der Waals surface area contributed by atoms with Crippen LogP contribution < -0.4 is 5.32 Å². The van der Waals surface area contributed by atoms with E-state index < -0.39 is 0 Å². The predicted molar refractivity (Wildman–Crippen MR) is 89.5 cm³/mol. The molecule has 1 aromatic rings. The average Bonchev–Trinajstić information content (AvgIpc) is 2.56. The molecule has 1 aliphatic carbocycles. The first kappa shape index (κ1) is 15.1. The van der Waals surface area contributed by atoms with Gasteiger partial charge >= 0.3 is 0 Å². The van der Waals surface area contributed by atoms with E-state index >= 15 is 0 Å². The maximum atomic E-state index is 3.79. The van der Waals surface area contributed by atoms with E-state index in [1.807, 2.05) is 0 Å². The Morgan fingerprint density at radius 2 is 1.86 bits per heavy atom. The summed E-state index contributed by atoms with van der Waals surface area (Å²) >= 11 is 0. The van der Waals surface area contributed by atoms with Crippen molar-refractivity contribution in [3.63, 3.8) is 0 Å². The summed E-state index contributed by atoms with van der Waals surface area (Å²) in [5, 5.41) is 3.79. The molecule has 0 spiro atoms. The van der Waals surface area contributed by atoms with Crippen LogP contribution in [-0.4, -0.2) is 30.6 Å². The van der Waals surface area contributed by atoms with Crippen LogP contribution in [0, 0.1) is 5.92 Å². The van der Waals surface area contributed by atoms with E-state index in [4.69, 9.17) is 0 Å². The van der Waals surface area contributed by atoms with Crippen molar-refractivity contribution in [1.29, 1.82) is 0 Å². The van der Waals surface area contributed by atoms with Crippen molar-refractivity contribution in [1.82, 2.24) is 10.2 Å². The van der Waals surface area contributed by atoms with E-state index in [2.05, 4.69) is 41.4 Å². The molecule has 1 saturated carbocycles. The van der Waals surface area contributed by atoms with Crippen molar-refractivity contribution >= 4 is 0 Å². The molecule has 2 nitrogen and oxygen atoms in total. The third-order valence-corrected chi connectivity index (χ3v) is 5.40. The fraction of sp³-hybridized carbons (Fsp3) is 0.684. The Balaban J connectivity index is 1.60. The molecule has 2 fully saturated rings. The normalized spacial score (nSPS) is 25.1. The molecule has 0 amide bonds. The highest BCUT2D eigenvalue weighted by Crippen LogP contribution is 2.28. The van der Waals surface area contributed by atoms with Gasteiger partial charge < -0.3 is 5.32 Å². The topological polar surface area (TPSA) is 15.3 Å². The molecule has 1 atom stereocenters. The molecule has 1 saturated heterocycles. The monoisotopic (exact) mass is 286 g/mol. The molecule has 2 aliphatic rings. The van der Waals surface area contributed by atoms with E-state index in [0.29, 0.717) is 0 Å². The van der Waals surface area contributed by atoms with E-state index in [0.717, 1.165) is 31.5 Å². The Hall–Kier alpha value is -0.860. The van der Waals surface area contributed by atoms with Crippen LogP contribution in [0.3, 0.4) is 0 Å². The maximum Gasteiger partial charge on any atom is 0.0237 e. The fourth-order valence-corrected chi connectivity index (χ4v) is 4.14. The highest BCUT2D eigenvalue weighted by atomic mass is 15.2. The first-order valence-electron chi connectivity index (χ1n) is 8.89. The SMILES string of the molecule is CCc1ccccc1CN1CCNC(C2CCCCC2)C1. The zero-order valence-corrected chi connectivity index (χ0v) is 13.5. The van der Waals surface area contributed by atoms with Gasteiger partial charge in [-0.2, -0.15) is 0 Å². The first-order valence-corrected chi connectivity index (χ1v) is 8.89. The van der Waals surface area contributed by atoms with Crippen molar-refractivity contribution in [3.05, 3.63) is 35.4 Å². The molecule has 1 unspecified atom stereocenters. The van der Waals surface area contributed by atoms with E-state index in [1.165, 1.54) is 56.3 Å². The van der Waals surface area contributed by atoms with Crippen molar-refractivity contribution in [3.8, 4) is 0 Å². The number of hydrogen-bond acceptors (Lipinski definition) is 2. The number of hydrogen-bond donors (Lipinski definition) is 1. The number of piperazine rings is 1. The van der Waals surface area contributed by atoms with Gasteiger partial charge in [-0.3, -0.25) is 4.90 Å². The number of benzene rings is 1. The molecular formula is C19H30N2. The van der Waals surface area contributed by atoms with Gasteiger partial charge in [0.25, 0.3) is 0 Å². The predicted octanol–water partition coefficient (Wildman–Crippen LogP) is 3.60. The summed E-state index contributed by atoms with van der Waals surface area (Å²) in [5.74, 6) is 0.919. The minimum Gasteiger partial charge on any atom is -0.311 e. The third kappa shape index (κ3) is 3.87. The minimum absolute atomic E-state index is 0.729. The smallest absolute Gasteiger partial charge is 0.0237 e. The Labute approximate surface area is 129 Å². The van der Waals surface area contributed by atoms with E-state index in [-0.39, 0.29) is 0 Å². The molecule has 2 heteroatoms. The zero-order chi connectivity index (χ0) is 14.5. The Morgan fingerprint density at radius 3 is 2.62 bits per heavy atom. The van der Waals surface area contributed by atoms with Crippen LogP contribution in [0.25, 0.3) is 0 Å². The average molecular weight is 286 g/mol. The molecule has 21 heavy (non-hydrogen) atoms. The highest BCUT2D eigenvalue weighted by Gasteiger charge is 2.28. The van der Waals surface area contributed by atoms with Gasteiger partial charge in [0, 0.05) is 32.2 Å². The number of rotatable bonds is 4. The lowest BCUT2D eigenvalue weighted by Crippen LogP contribution is -2.53. The van der Waals surface area contributed by atoms with Crippen LogP contribution in [0.4, 0.5) is 0 Å². The van der Waals surface area contributed by atoms with Crippen LogP contribution in [0.5, 0.6) is 0 Å². The van der Waals surface area contributed by atoms with Crippen molar-refractivity contribution in [2.75, 3.05) is 19.6 Å². The van der Waals surface area contributed by atoms with Crippen LogP contribution in [-0.2, 0) is 13.0 Å². The summed E-state index contributed by atoms with van der Waals surface area (Å²) in [6.45, 7) is 7.00. The van der Waals surface area contributed by atoms with Gasteiger partial charge in [0.05, 0.1) is 0 Å². The van der Waals surface area contributed by atoms with Crippen molar-refractivity contribution in [2.24, 2.45) is 5.92 Å². The van der Waals surface area contributed by atoms with Gasteiger partial charge in [-0.1, -0.05) is 50.5 Å². The van der Waals surface area contributed by atoms with Gasteiger partial charge in [-0.05, 0) is 36.3 Å². The Morgan fingerprint density at radius 1 is 1.10 bits per heavy atom. The van der Waals surface area contributed by atoms with Gasteiger partial charge in [0.1, 0.15) is 0 Å². The standard InChI is InChI=1S/C19H30N2/c1-2-16-8-6-7-11-18(16)14-21-13-12-20-19(15-21)17-9-4-3-5-10-17/h6-8,11,17,19-20H,2-5,9-10,12-15H2,1H3. The second-order valence-corrected chi connectivity index (χ2v) is 6.82. The number of nitrogens with one attached hydrogen (secondary N) is 1. The Kier molecular flexibility index (Phi) is 5.32. The second kappa shape index (κ2) is 7.42. The first-order chi connectivity index (χ1) is 10.4. The summed E-state index contributed by atoms with van der Waals surface area (Å²) in [7, 11) is 0. The van der Waals surface area contributed by atoms with Gasteiger partial charge in [-0.25, -0.2) is 0 Å². The van der Waals surface area contributed by atoms with Crippen LogP contribution in [0.2, 0.25) is 0 Å². The lowest BCUT2D eigenvalue weighted by atomic mass is 9.83. The fourth-order valence-electron chi connectivity index (χ4n) is 4.14. The molecule has 3 rings (SSSR count). The van der Waals surface area contributed by atoms with Crippen LogP contribution in [0.1, 0.15) is 50.2 Å². The lowest BCUT2D eigenvalue weighted by molar-refractivity contribution is 0.141. The highest BCUT2D eigenvalue weighted by molar-refractivity contribution is 5.27. The largest absolute Gasteiger partial charge is 0.311 e. The molecule has 0 bridgehead atoms. The quantitative estimate of drug-likeness (QED) is 0.909. The van der Waals surface area contributed by atoms with E-state index in [9.17, 15) is 0 Å². The molecular weight excluding hydrogens is 256 g/mol. The lowest BCUT2D eigenvalue weighted by Gasteiger charge is -2.39. The maximum absolute atomic E-state index is 3.79. The van der Waals surface area contributed by atoms with Crippen molar-refractivity contribution in [2.45, 2.75) is 58.0 Å². The molecule has 1 aromatic carbocycles.